The second-order valence-corrected chi connectivity index (χ2v) is 7.45. The number of aliphatic carboxylic acids is 1. The zero-order chi connectivity index (χ0) is 13.8. The molecule has 0 radical (unpaired) electrons. The van der Waals surface area contributed by atoms with Crippen molar-refractivity contribution in [3.8, 4) is 0 Å². The molecule has 2 unspecified atom stereocenters. The standard InChI is InChI=1S/C14H19NO2S2/c1-10-11(2)18-8-7-15(10)9-13-4-3-12(19-13)5-6-14(16)17/h3-6,10-11H,7-9H2,1-2H3,(H,16,17)/b6-5+. The van der Waals surface area contributed by atoms with Crippen molar-refractivity contribution in [3.05, 3.63) is 28.0 Å². The first-order valence-electron chi connectivity index (χ1n) is 6.41. The van der Waals surface area contributed by atoms with Gasteiger partial charge < -0.3 is 5.11 Å². The van der Waals surface area contributed by atoms with E-state index in [9.17, 15) is 4.79 Å². The molecule has 1 N–H and O–H groups in total. The summed E-state index contributed by atoms with van der Waals surface area (Å²) in [5.41, 5.74) is 0. The van der Waals surface area contributed by atoms with E-state index in [1.54, 1.807) is 17.4 Å². The third kappa shape index (κ3) is 4.09. The fourth-order valence-electron chi connectivity index (χ4n) is 2.14. The first-order chi connectivity index (χ1) is 9.06. The summed E-state index contributed by atoms with van der Waals surface area (Å²) in [6.45, 7) is 6.68. The third-order valence-corrected chi connectivity index (χ3v) is 5.82. The Morgan fingerprint density at radius 3 is 3.05 bits per heavy atom. The van der Waals surface area contributed by atoms with Crippen molar-refractivity contribution in [2.75, 3.05) is 12.3 Å². The number of rotatable bonds is 4. The quantitative estimate of drug-likeness (QED) is 0.867. The van der Waals surface area contributed by atoms with Crippen molar-refractivity contribution in [2.45, 2.75) is 31.7 Å². The number of hydrogen-bond acceptors (Lipinski definition) is 4. The van der Waals surface area contributed by atoms with Gasteiger partial charge in [0.15, 0.2) is 0 Å². The molecule has 0 bridgehead atoms. The average molecular weight is 297 g/mol. The maximum atomic E-state index is 10.5. The molecule has 0 aliphatic carbocycles. The number of carbonyl (C=O) groups is 1. The van der Waals surface area contributed by atoms with Crippen molar-refractivity contribution in [1.82, 2.24) is 4.90 Å². The van der Waals surface area contributed by atoms with E-state index in [1.165, 1.54) is 16.7 Å². The van der Waals surface area contributed by atoms with E-state index in [0.717, 1.165) is 18.0 Å². The van der Waals surface area contributed by atoms with E-state index in [0.29, 0.717) is 11.3 Å². The Labute approximate surface area is 122 Å². The van der Waals surface area contributed by atoms with Gasteiger partial charge in [-0.25, -0.2) is 4.79 Å². The van der Waals surface area contributed by atoms with Crippen LogP contribution in [0, 0.1) is 0 Å². The van der Waals surface area contributed by atoms with Gasteiger partial charge in [0.2, 0.25) is 0 Å². The molecule has 3 nitrogen and oxygen atoms in total. The minimum absolute atomic E-state index is 0.596. The molecule has 2 atom stereocenters. The van der Waals surface area contributed by atoms with Crippen molar-refractivity contribution in [1.29, 1.82) is 0 Å². The van der Waals surface area contributed by atoms with Crippen LogP contribution in [0.4, 0.5) is 0 Å². The molecule has 2 rings (SSSR count). The van der Waals surface area contributed by atoms with E-state index < -0.39 is 5.97 Å². The third-order valence-electron chi connectivity index (χ3n) is 3.45. The highest BCUT2D eigenvalue weighted by Crippen LogP contribution is 2.27. The number of hydrogen-bond donors (Lipinski definition) is 1. The summed E-state index contributed by atoms with van der Waals surface area (Å²) in [6.07, 6.45) is 2.85. The SMILES string of the molecule is CC1SCCN(Cc2ccc(/C=C/C(=O)O)s2)C1C. The zero-order valence-electron chi connectivity index (χ0n) is 11.2. The van der Waals surface area contributed by atoms with Crippen molar-refractivity contribution in [2.24, 2.45) is 0 Å². The normalized spacial score (nSPS) is 24.9. The van der Waals surface area contributed by atoms with Crippen LogP contribution in [0.15, 0.2) is 18.2 Å². The average Bonchev–Trinajstić information content (AvgIpc) is 2.80. The van der Waals surface area contributed by atoms with Crippen LogP contribution < -0.4 is 0 Å². The summed E-state index contributed by atoms with van der Waals surface area (Å²) in [5, 5.41) is 9.29. The lowest BCUT2D eigenvalue weighted by Crippen LogP contribution is -2.43. The van der Waals surface area contributed by atoms with Crippen LogP contribution in [0.2, 0.25) is 0 Å². The fraction of sp³-hybridized carbons (Fsp3) is 0.500. The summed E-state index contributed by atoms with van der Waals surface area (Å²) in [4.78, 5) is 15.3. The lowest BCUT2D eigenvalue weighted by Gasteiger charge is -2.37. The molecule has 1 fully saturated rings. The maximum Gasteiger partial charge on any atom is 0.328 e. The summed E-state index contributed by atoms with van der Waals surface area (Å²) in [7, 11) is 0. The van der Waals surface area contributed by atoms with Gasteiger partial charge in [-0.05, 0) is 25.1 Å². The van der Waals surface area contributed by atoms with Crippen LogP contribution in [0.3, 0.4) is 0 Å². The molecule has 1 aromatic rings. The number of thioether (sulfide) groups is 1. The Kier molecular flexibility index (Phi) is 5.07. The summed E-state index contributed by atoms with van der Waals surface area (Å²) in [5.74, 6) is 0.299. The predicted molar refractivity (Wildman–Crippen MR) is 82.8 cm³/mol. The minimum atomic E-state index is -0.898. The Morgan fingerprint density at radius 2 is 2.32 bits per heavy atom. The molecule has 0 aromatic carbocycles. The molecule has 19 heavy (non-hydrogen) atoms. The topological polar surface area (TPSA) is 40.5 Å². The summed E-state index contributed by atoms with van der Waals surface area (Å²) < 4.78 is 0. The number of carboxylic acid groups (broad SMARTS) is 1. The molecule has 1 aliphatic heterocycles. The van der Waals surface area contributed by atoms with E-state index >= 15 is 0 Å². The Balaban J connectivity index is 1.97. The Bertz CT molecular complexity index is 470. The van der Waals surface area contributed by atoms with Gasteiger partial charge >= 0.3 is 5.97 Å². The van der Waals surface area contributed by atoms with Gasteiger partial charge in [0.05, 0.1) is 0 Å². The molecule has 0 saturated carbocycles. The van der Waals surface area contributed by atoms with Gasteiger partial charge in [-0.2, -0.15) is 11.8 Å². The molecule has 0 spiro atoms. The summed E-state index contributed by atoms with van der Waals surface area (Å²) >= 11 is 3.72. The van der Waals surface area contributed by atoms with Crippen LogP contribution in [-0.2, 0) is 11.3 Å². The number of carboxylic acids is 1. The molecule has 5 heteroatoms. The lowest BCUT2D eigenvalue weighted by atomic mass is 10.2. The van der Waals surface area contributed by atoms with Gasteiger partial charge in [0.1, 0.15) is 0 Å². The summed E-state index contributed by atoms with van der Waals surface area (Å²) in [6, 6.07) is 4.69. The van der Waals surface area contributed by atoms with Gasteiger partial charge in [-0.3, -0.25) is 4.90 Å². The van der Waals surface area contributed by atoms with E-state index in [2.05, 4.69) is 24.8 Å². The van der Waals surface area contributed by atoms with Gasteiger partial charge in [-0.15, -0.1) is 11.3 Å². The van der Waals surface area contributed by atoms with E-state index in [4.69, 9.17) is 5.11 Å². The van der Waals surface area contributed by atoms with E-state index in [-0.39, 0.29) is 0 Å². The molecule has 0 amide bonds. The van der Waals surface area contributed by atoms with Crippen LogP contribution in [0.5, 0.6) is 0 Å². The molecule has 1 saturated heterocycles. The van der Waals surface area contributed by atoms with Crippen molar-refractivity contribution >= 4 is 35.1 Å². The predicted octanol–water partition coefficient (Wildman–Crippen LogP) is 3.17. The van der Waals surface area contributed by atoms with Gasteiger partial charge in [0.25, 0.3) is 0 Å². The van der Waals surface area contributed by atoms with Gasteiger partial charge in [0, 0.05) is 46.0 Å². The smallest absolute Gasteiger partial charge is 0.328 e. The van der Waals surface area contributed by atoms with E-state index in [1.807, 2.05) is 17.8 Å². The number of nitrogens with zero attached hydrogens (tertiary/aromatic N) is 1. The lowest BCUT2D eigenvalue weighted by molar-refractivity contribution is -0.131. The molecule has 104 valence electrons. The molecule has 1 aliphatic rings. The fourth-order valence-corrected chi connectivity index (χ4v) is 4.25. The Hall–Kier alpha value is -0.780. The maximum absolute atomic E-state index is 10.5. The van der Waals surface area contributed by atoms with Crippen LogP contribution in [0.25, 0.3) is 6.08 Å². The first-order valence-corrected chi connectivity index (χ1v) is 8.28. The first kappa shape index (κ1) is 14.6. The van der Waals surface area contributed by atoms with Crippen molar-refractivity contribution < 1.29 is 9.90 Å². The second kappa shape index (κ2) is 6.59. The van der Waals surface area contributed by atoms with Crippen LogP contribution in [0.1, 0.15) is 23.6 Å². The highest BCUT2D eigenvalue weighted by atomic mass is 32.2. The number of thiophene rings is 1. The molecular weight excluding hydrogens is 278 g/mol. The Morgan fingerprint density at radius 1 is 1.53 bits per heavy atom. The zero-order valence-corrected chi connectivity index (χ0v) is 12.8. The second-order valence-electron chi connectivity index (χ2n) is 4.76. The molecular formula is C14H19NO2S2. The molecule has 1 aromatic heterocycles. The van der Waals surface area contributed by atoms with Crippen LogP contribution >= 0.6 is 23.1 Å². The van der Waals surface area contributed by atoms with Crippen LogP contribution in [-0.4, -0.2) is 39.6 Å². The molecule has 2 heterocycles. The van der Waals surface area contributed by atoms with Gasteiger partial charge in [-0.1, -0.05) is 6.92 Å². The minimum Gasteiger partial charge on any atom is -0.478 e. The highest BCUT2D eigenvalue weighted by molar-refractivity contribution is 8.00. The monoisotopic (exact) mass is 297 g/mol. The largest absolute Gasteiger partial charge is 0.478 e. The van der Waals surface area contributed by atoms with Crippen molar-refractivity contribution in [3.63, 3.8) is 0 Å². The highest BCUT2D eigenvalue weighted by Gasteiger charge is 2.25.